The van der Waals surface area contributed by atoms with Gasteiger partial charge in [0.2, 0.25) is 0 Å². The fourth-order valence-corrected chi connectivity index (χ4v) is 5.18. The fraction of sp³-hybridized carbons (Fsp3) is 1.00. The van der Waals surface area contributed by atoms with Crippen LogP contribution < -0.4 is 0 Å². The zero-order chi connectivity index (χ0) is 12.2. The Labute approximate surface area is 95.5 Å². The molecule has 0 aromatic rings. The van der Waals surface area contributed by atoms with Crippen LogP contribution >= 0.6 is 7.51 Å². The van der Waals surface area contributed by atoms with E-state index in [1.54, 1.807) is 0 Å². The van der Waals surface area contributed by atoms with Crippen LogP contribution in [-0.2, 0) is 0 Å². The van der Waals surface area contributed by atoms with E-state index < -0.39 is 7.51 Å². The Morgan fingerprint density at radius 2 is 1.20 bits per heavy atom. The lowest BCUT2D eigenvalue weighted by Gasteiger charge is -2.41. The normalized spacial score (nSPS) is 13.3. The standard InChI is InChI=1S/C10H27N4P/c1-10(2)9-11-15(12(3)4,13(5)6)14(7)8/h10H,9H2,1-8H3. The molecule has 0 saturated carbocycles. The molecule has 0 aliphatic heterocycles. The van der Waals surface area contributed by atoms with E-state index >= 15 is 0 Å². The molecule has 5 heteroatoms. The predicted octanol–water partition coefficient (Wildman–Crippen LogP) is 2.27. The molecule has 0 aliphatic carbocycles. The Kier molecular flexibility index (Phi) is 6.04. The van der Waals surface area contributed by atoms with Crippen LogP contribution in [0.15, 0.2) is 4.74 Å². The Bertz CT molecular complexity index is 205. The van der Waals surface area contributed by atoms with Crippen molar-refractivity contribution in [3.63, 3.8) is 0 Å². The maximum absolute atomic E-state index is 4.94. The van der Waals surface area contributed by atoms with Crippen molar-refractivity contribution in [1.29, 1.82) is 0 Å². The summed E-state index contributed by atoms with van der Waals surface area (Å²) in [6.07, 6.45) is 0. The van der Waals surface area contributed by atoms with Crippen LogP contribution in [0.3, 0.4) is 0 Å². The molecular formula is C10H27N4P. The van der Waals surface area contributed by atoms with Crippen molar-refractivity contribution in [3.8, 4) is 0 Å². The zero-order valence-electron chi connectivity index (χ0n) is 11.5. The summed E-state index contributed by atoms with van der Waals surface area (Å²) in [7, 11) is 11.0. The van der Waals surface area contributed by atoms with E-state index in [1.165, 1.54) is 0 Å². The molecule has 4 nitrogen and oxygen atoms in total. The molecular weight excluding hydrogens is 207 g/mol. The number of nitrogens with zero attached hydrogens (tertiary/aromatic N) is 4. The molecule has 0 N–H and O–H groups in total. The summed E-state index contributed by atoms with van der Waals surface area (Å²) in [5.41, 5.74) is 0. The molecule has 0 saturated heterocycles. The molecule has 92 valence electrons. The summed E-state index contributed by atoms with van der Waals surface area (Å²) in [5.74, 6) is 0.615. The van der Waals surface area contributed by atoms with Gasteiger partial charge in [0.05, 0.1) is 0 Å². The van der Waals surface area contributed by atoms with Crippen LogP contribution in [0.25, 0.3) is 0 Å². The molecule has 0 atom stereocenters. The lowest BCUT2D eigenvalue weighted by atomic mass is 10.2. The highest BCUT2D eigenvalue weighted by Crippen LogP contribution is 2.54. The molecule has 0 amide bonds. The van der Waals surface area contributed by atoms with Gasteiger partial charge >= 0.3 is 0 Å². The van der Waals surface area contributed by atoms with Gasteiger partial charge < -0.3 is 0 Å². The Morgan fingerprint density at radius 1 is 0.867 bits per heavy atom. The van der Waals surface area contributed by atoms with Crippen LogP contribution in [0.1, 0.15) is 13.8 Å². The highest BCUT2D eigenvalue weighted by Gasteiger charge is 2.27. The summed E-state index contributed by atoms with van der Waals surface area (Å²) < 4.78 is 11.7. The molecule has 15 heavy (non-hydrogen) atoms. The molecule has 0 fully saturated rings. The second-order valence-corrected chi connectivity index (χ2v) is 8.55. The third-order valence-electron chi connectivity index (χ3n) is 2.25. The summed E-state index contributed by atoms with van der Waals surface area (Å²) in [6, 6.07) is 0. The van der Waals surface area contributed by atoms with Gasteiger partial charge in [0.1, 0.15) is 0 Å². The average Bonchev–Trinajstić information content (AvgIpc) is 2.02. The van der Waals surface area contributed by atoms with Crippen LogP contribution in [0.4, 0.5) is 0 Å². The van der Waals surface area contributed by atoms with E-state index in [9.17, 15) is 0 Å². The molecule has 0 radical (unpaired) electrons. The number of hydrogen-bond acceptors (Lipinski definition) is 1. The highest BCUT2D eigenvalue weighted by molar-refractivity contribution is 7.59. The van der Waals surface area contributed by atoms with Gasteiger partial charge in [-0.3, -0.25) is 18.8 Å². The van der Waals surface area contributed by atoms with Crippen molar-refractivity contribution in [3.05, 3.63) is 0 Å². The molecule has 0 aromatic carbocycles. The van der Waals surface area contributed by atoms with Crippen molar-refractivity contribution in [1.82, 2.24) is 14.0 Å². The summed E-state index contributed by atoms with van der Waals surface area (Å²) in [5, 5.41) is 0. The second-order valence-electron chi connectivity index (χ2n) is 4.80. The van der Waals surface area contributed by atoms with Crippen molar-refractivity contribution in [2.24, 2.45) is 10.7 Å². The van der Waals surface area contributed by atoms with Crippen molar-refractivity contribution >= 4 is 7.51 Å². The summed E-state index contributed by atoms with van der Waals surface area (Å²) in [4.78, 5) is 0. The quantitative estimate of drug-likeness (QED) is 0.681. The SMILES string of the molecule is CC(C)CN=P(N(C)C)(N(C)C)N(C)C. The molecule has 0 unspecified atom stereocenters. The van der Waals surface area contributed by atoms with Gasteiger partial charge in [-0.15, -0.1) is 0 Å². The van der Waals surface area contributed by atoms with E-state index in [4.69, 9.17) is 4.74 Å². The first-order chi connectivity index (χ1) is 6.75. The predicted molar refractivity (Wildman–Crippen MR) is 70.1 cm³/mol. The summed E-state index contributed by atoms with van der Waals surface area (Å²) in [6.45, 7) is 5.33. The molecule has 0 spiro atoms. The van der Waals surface area contributed by atoms with Gasteiger partial charge in [0.15, 0.2) is 7.51 Å². The minimum absolute atomic E-state index is 0.615. The lowest BCUT2D eigenvalue weighted by molar-refractivity contribution is 0.467. The van der Waals surface area contributed by atoms with Gasteiger partial charge in [0, 0.05) is 6.54 Å². The highest BCUT2D eigenvalue weighted by atomic mass is 31.2. The largest absolute Gasteiger partial charge is 0.260 e. The van der Waals surface area contributed by atoms with Crippen LogP contribution in [0.2, 0.25) is 0 Å². The van der Waals surface area contributed by atoms with E-state index in [1.807, 2.05) is 0 Å². The van der Waals surface area contributed by atoms with Crippen LogP contribution in [0, 0.1) is 5.92 Å². The van der Waals surface area contributed by atoms with Gasteiger partial charge in [0.25, 0.3) is 0 Å². The van der Waals surface area contributed by atoms with Gasteiger partial charge in [-0.25, -0.2) is 0 Å². The maximum atomic E-state index is 4.94. The Morgan fingerprint density at radius 3 is 1.40 bits per heavy atom. The molecule has 0 heterocycles. The molecule has 0 aliphatic rings. The van der Waals surface area contributed by atoms with E-state index in [-0.39, 0.29) is 0 Å². The Hall–Kier alpha value is 0.110. The first-order valence-corrected chi connectivity index (χ1v) is 6.96. The molecule has 0 aromatic heterocycles. The van der Waals surface area contributed by atoms with Crippen molar-refractivity contribution < 1.29 is 0 Å². The second kappa shape index (κ2) is 6.00. The Balaban J connectivity index is 5.23. The zero-order valence-corrected chi connectivity index (χ0v) is 12.4. The minimum atomic E-state index is -1.64. The molecule has 0 bridgehead atoms. The third-order valence-corrected chi connectivity index (χ3v) is 6.01. The maximum Gasteiger partial charge on any atom is 0.166 e. The monoisotopic (exact) mass is 234 g/mol. The smallest absolute Gasteiger partial charge is 0.166 e. The van der Waals surface area contributed by atoms with E-state index in [0.29, 0.717) is 5.92 Å². The topological polar surface area (TPSA) is 22.1 Å². The van der Waals surface area contributed by atoms with Gasteiger partial charge in [-0.1, -0.05) is 13.8 Å². The minimum Gasteiger partial charge on any atom is -0.260 e. The van der Waals surface area contributed by atoms with E-state index in [0.717, 1.165) is 6.54 Å². The first-order valence-electron chi connectivity index (χ1n) is 5.36. The molecule has 0 rings (SSSR count). The fourth-order valence-electron chi connectivity index (χ4n) is 1.73. The summed E-state index contributed by atoms with van der Waals surface area (Å²) >= 11 is 0. The van der Waals surface area contributed by atoms with E-state index in [2.05, 4.69) is 70.1 Å². The van der Waals surface area contributed by atoms with Crippen molar-refractivity contribution in [2.45, 2.75) is 13.8 Å². The van der Waals surface area contributed by atoms with Gasteiger partial charge in [-0.2, -0.15) is 0 Å². The third kappa shape index (κ3) is 3.56. The number of hydrogen-bond donors (Lipinski definition) is 0. The van der Waals surface area contributed by atoms with Gasteiger partial charge in [-0.05, 0) is 48.2 Å². The van der Waals surface area contributed by atoms with Crippen molar-refractivity contribution in [2.75, 3.05) is 48.8 Å². The van der Waals surface area contributed by atoms with Crippen LogP contribution in [0.5, 0.6) is 0 Å². The number of rotatable bonds is 5. The first kappa shape index (κ1) is 15.1. The van der Waals surface area contributed by atoms with Crippen LogP contribution in [-0.4, -0.2) is 62.8 Å². The average molecular weight is 234 g/mol. The lowest BCUT2D eigenvalue weighted by Crippen LogP contribution is -2.31.